The van der Waals surface area contributed by atoms with Crippen molar-refractivity contribution in [3.63, 3.8) is 0 Å². The largest absolute Gasteiger partial charge is 0.500 e. The maximum Gasteiger partial charge on any atom is 0.500 e. The van der Waals surface area contributed by atoms with Gasteiger partial charge >= 0.3 is 8.80 Å². The summed E-state index contributed by atoms with van der Waals surface area (Å²) in [5.74, 6) is 0.713. The van der Waals surface area contributed by atoms with Gasteiger partial charge in [0.2, 0.25) is 5.12 Å². The number of hydrogen-bond donors (Lipinski definition) is 0. The summed E-state index contributed by atoms with van der Waals surface area (Å²) in [4.78, 5) is 12.2. The second kappa shape index (κ2) is 13.3. The molecule has 0 bridgehead atoms. The van der Waals surface area contributed by atoms with Crippen LogP contribution in [0.1, 0.15) is 40.5 Å². The van der Waals surface area contributed by atoms with Crippen LogP contribution in [0.3, 0.4) is 0 Å². The van der Waals surface area contributed by atoms with E-state index in [1.807, 2.05) is 51.1 Å². The van der Waals surface area contributed by atoms with Crippen molar-refractivity contribution in [3.8, 4) is 5.75 Å². The maximum absolute atomic E-state index is 12.2. The maximum atomic E-state index is 12.2. The van der Waals surface area contributed by atoms with Gasteiger partial charge in [0.15, 0.2) is 6.61 Å². The molecule has 1 atom stereocenters. The summed E-state index contributed by atoms with van der Waals surface area (Å²) in [7, 11) is -2.65. The molecule has 1 unspecified atom stereocenters. The fourth-order valence-electron chi connectivity index (χ4n) is 2.56. The van der Waals surface area contributed by atoms with E-state index in [2.05, 4.69) is 6.92 Å². The van der Waals surface area contributed by atoms with E-state index < -0.39 is 8.80 Å². The Morgan fingerprint density at radius 2 is 1.58 bits per heavy atom. The van der Waals surface area contributed by atoms with Gasteiger partial charge in [0.05, 0.1) is 0 Å². The summed E-state index contributed by atoms with van der Waals surface area (Å²) < 4.78 is 23.2. The fraction of sp³-hybridized carbons (Fsp3) is 0.632. The molecule has 148 valence electrons. The molecular formula is C19H32O5SSi. The van der Waals surface area contributed by atoms with E-state index in [-0.39, 0.29) is 17.0 Å². The Labute approximate surface area is 163 Å². The number of para-hydroxylation sites is 1. The van der Waals surface area contributed by atoms with Gasteiger partial charge in [-0.3, -0.25) is 4.79 Å². The minimum Gasteiger partial charge on any atom is -0.485 e. The van der Waals surface area contributed by atoms with Crippen molar-refractivity contribution in [1.29, 1.82) is 0 Å². The number of carbonyl (C=O) groups is 1. The molecule has 1 aromatic carbocycles. The lowest BCUT2D eigenvalue weighted by molar-refractivity contribution is -0.112. The molecule has 0 fully saturated rings. The van der Waals surface area contributed by atoms with Crippen molar-refractivity contribution >= 4 is 25.7 Å². The molecule has 0 amide bonds. The third kappa shape index (κ3) is 8.68. The molecule has 0 saturated heterocycles. The van der Waals surface area contributed by atoms with Gasteiger partial charge in [-0.1, -0.05) is 36.9 Å². The highest BCUT2D eigenvalue weighted by Crippen LogP contribution is 2.27. The van der Waals surface area contributed by atoms with Crippen LogP contribution in [0.2, 0.25) is 6.04 Å². The predicted octanol–water partition coefficient (Wildman–Crippen LogP) is 4.54. The molecule has 26 heavy (non-hydrogen) atoms. The van der Waals surface area contributed by atoms with Gasteiger partial charge in [-0.05, 0) is 45.7 Å². The molecule has 5 nitrogen and oxygen atoms in total. The topological polar surface area (TPSA) is 54.0 Å². The standard InChI is InChI=1S/C19H32O5SSi/c1-5-18(14-15-26(22-6-2,23-7-3)24-8-4)25-19(20)16-21-17-12-10-9-11-13-17/h9-13,18H,5-8,14-16H2,1-4H3. The molecule has 0 N–H and O–H groups in total. The minimum absolute atomic E-state index is 0.0391. The van der Waals surface area contributed by atoms with Gasteiger partial charge in [0, 0.05) is 31.1 Å². The first-order valence-corrected chi connectivity index (χ1v) is 12.2. The quantitative estimate of drug-likeness (QED) is 0.427. The van der Waals surface area contributed by atoms with E-state index >= 15 is 0 Å². The number of ether oxygens (including phenoxy) is 1. The van der Waals surface area contributed by atoms with Crippen LogP contribution in [-0.4, -0.2) is 45.6 Å². The van der Waals surface area contributed by atoms with Crippen LogP contribution in [0.4, 0.5) is 0 Å². The predicted molar refractivity (Wildman–Crippen MR) is 109 cm³/mol. The molecular weight excluding hydrogens is 368 g/mol. The van der Waals surface area contributed by atoms with Crippen LogP contribution < -0.4 is 4.74 Å². The average molecular weight is 401 g/mol. The first kappa shape index (κ1) is 23.2. The fourth-order valence-corrected chi connectivity index (χ4v) is 6.38. The number of rotatable bonds is 14. The molecule has 0 aliphatic rings. The van der Waals surface area contributed by atoms with Gasteiger partial charge in [0.1, 0.15) is 5.75 Å². The van der Waals surface area contributed by atoms with Crippen molar-refractivity contribution in [2.45, 2.75) is 51.8 Å². The summed E-state index contributed by atoms with van der Waals surface area (Å²) >= 11 is 1.35. The summed E-state index contributed by atoms with van der Waals surface area (Å²) in [6.45, 7) is 9.74. The number of thioether (sulfide) groups is 1. The van der Waals surface area contributed by atoms with Crippen LogP contribution in [-0.2, 0) is 18.1 Å². The SMILES string of the molecule is CCO[Si](CCC(CC)SC(=O)COc1ccccc1)(OCC)OCC. The van der Waals surface area contributed by atoms with Crippen molar-refractivity contribution in [2.75, 3.05) is 26.4 Å². The number of hydrogen-bond acceptors (Lipinski definition) is 6. The second-order valence-corrected chi connectivity index (χ2v) is 9.73. The Balaban J connectivity index is 2.51. The van der Waals surface area contributed by atoms with Crippen LogP contribution in [0.25, 0.3) is 0 Å². The second-order valence-electron chi connectivity index (χ2n) is 5.64. The summed E-state index contributed by atoms with van der Waals surface area (Å²) in [6, 6.07) is 10.1. The van der Waals surface area contributed by atoms with Crippen LogP contribution in [0, 0.1) is 0 Å². The normalized spacial score (nSPS) is 12.8. The van der Waals surface area contributed by atoms with E-state index in [9.17, 15) is 4.79 Å². The zero-order chi connectivity index (χ0) is 19.3. The van der Waals surface area contributed by atoms with E-state index in [0.29, 0.717) is 25.6 Å². The van der Waals surface area contributed by atoms with Crippen LogP contribution in [0.5, 0.6) is 5.75 Å². The summed E-state index contributed by atoms with van der Waals surface area (Å²) in [6.07, 6.45) is 1.72. The Bertz CT molecular complexity index is 483. The monoisotopic (exact) mass is 400 g/mol. The molecule has 0 aromatic heterocycles. The summed E-state index contributed by atoms with van der Waals surface area (Å²) in [5, 5.41) is 0.243. The van der Waals surface area contributed by atoms with Crippen LogP contribution >= 0.6 is 11.8 Å². The smallest absolute Gasteiger partial charge is 0.485 e. The van der Waals surface area contributed by atoms with Crippen molar-refractivity contribution in [3.05, 3.63) is 30.3 Å². The Hall–Kier alpha value is -0.863. The highest BCUT2D eigenvalue weighted by molar-refractivity contribution is 8.14. The molecule has 0 aliphatic heterocycles. The average Bonchev–Trinajstić information content (AvgIpc) is 2.65. The molecule has 1 aromatic rings. The first-order chi connectivity index (χ1) is 12.6. The van der Waals surface area contributed by atoms with Crippen molar-refractivity contribution in [1.82, 2.24) is 0 Å². The lowest BCUT2D eigenvalue weighted by atomic mass is 10.3. The molecule has 7 heteroatoms. The van der Waals surface area contributed by atoms with E-state index in [4.69, 9.17) is 18.0 Å². The number of carbonyl (C=O) groups excluding carboxylic acids is 1. The van der Waals surface area contributed by atoms with Gasteiger partial charge < -0.3 is 18.0 Å². The zero-order valence-corrected chi connectivity index (χ0v) is 18.2. The highest BCUT2D eigenvalue weighted by Gasteiger charge is 2.40. The van der Waals surface area contributed by atoms with Crippen LogP contribution in [0.15, 0.2) is 30.3 Å². The molecule has 0 heterocycles. The highest BCUT2D eigenvalue weighted by atomic mass is 32.2. The lowest BCUT2D eigenvalue weighted by Crippen LogP contribution is -2.46. The zero-order valence-electron chi connectivity index (χ0n) is 16.4. The third-order valence-corrected chi connectivity index (χ3v) is 8.09. The van der Waals surface area contributed by atoms with Crippen molar-refractivity contribution < 1.29 is 22.8 Å². The van der Waals surface area contributed by atoms with E-state index in [0.717, 1.165) is 18.9 Å². The summed E-state index contributed by atoms with van der Waals surface area (Å²) in [5.41, 5.74) is 0. The minimum atomic E-state index is -2.65. The lowest BCUT2D eigenvalue weighted by Gasteiger charge is -2.29. The molecule has 0 aliphatic carbocycles. The molecule has 0 radical (unpaired) electrons. The van der Waals surface area contributed by atoms with Gasteiger partial charge in [-0.2, -0.15) is 0 Å². The molecule has 0 saturated carbocycles. The van der Waals surface area contributed by atoms with Gasteiger partial charge in [-0.15, -0.1) is 0 Å². The Morgan fingerprint density at radius 3 is 2.08 bits per heavy atom. The van der Waals surface area contributed by atoms with Crippen molar-refractivity contribution in [2.24, 2.45) is 0 Å². The van der Waals surface area contributed by atoms with E-state index in [1.165, 1.54) is 11.8 Å². The van der Waals surface area contributed by atoms with Gasteiger partial charge in [0.25, 0.3) is 0 Å². The third-order valence-electron chi connectivity index (χ3n) is 3.72. The Kier molecular flexibility index (Phi) is 11.9. The molecule has 0 spiro atoms. The number of benzene rings is 1. The molecule has 1 rings (SSSR count). The van der Waals surface area contributed by atoms with E-state index in [1.54, 1.807) is 0 Å². The van der Waals surface area contributed by atoms with Gasteiger partial charge in [-0.25, -0.2) is 0 Å². The first-order valence-electron chi connectivity index (χ1n) is 9.38. The Morgan fingerprint density at radius 1 is 1.00 bits per heavy atom.